The Balaban J connectivity index is 2.28. The Hall–Kier alpha value is -0.0800. The molecule has 0 amide bonds. The van der Waals surface area contributed by atoms with E-state index in [1.54, 1.807) is 0 Å². The van der Waals surface area contributed by atoms with Gasteiger partial charge in [-0.3, -0.25) is 0 Å². The smallest absolute Gasteiger partial charge is 0.183 e. The molecule has 0 N–H and O–H groups in total. The molecule has 1 heterocycles. The van der Waals surface area contributed by atoms with Crippen molar-refractivity contribution in [1.82, 2.24) is 4.98 Å². The maximum absolute atomic E-state index is 5.64. The lowest BCUT2D eigenvalue weighted by atomic mass is 10.3. The minimum Gasteiger partial charge on any atom is -0.230 e. The first-order chi connectivity index (χ1) is 4.36. The zero-order chi connectivity index (χ0) is 6.27. The number of halogens is 1. The molecule has 1 aromatic rings. The summed E-state index contributed by atoms with van der Waals surface area (Å²) in [5.74, 6) is 0.744. The van der Waals surface area contributed by atoms with Gasteiger partial charge in [-0.05, 0) is 12.8 Å². The van der Waals surface area contributed by atoms with Crippen LogP contribution in [0.5, 0.6) is 0 Å². The van der Waals surface area contributed by atoms with Crippen molar-refractivity contribution in [3.63, 3.8) is 0 Å². The topological polar surface area (TPSA) is 12.9 Å². The normalized spacial score (nSPS) is 18.3. The number of aromatic nitrogens is 1. The molecule has 1 aliphatic rings. The highest BCUT2D eigenvalue weighted by molar-refractivity contribution is 7.13. The fraction of sp³-hybridized carbons (Fsp3) is 0.500. The van der Waals surface area contributed by atoms with Gasteiger partial charge in [-0.15, -0.1) is 11.3 Å². The summed E-state index contributed by atoms with van der Waals surface area (Å²) in [5.41, 5.74) is 1.20. The van der Waals surface area contributed by atoms with Crippen LogP contribution in [0.4, 0.5) is 0 Å². The van der Waals surface area contributed by atoms with E-state index in [0.29, 0.717) is 4.47 Å². The zero-order valence-corrected chi connectivity index (χ0v) is 6.37. The molecule has 1 aromatic heterocycles. The standard InChI is InChI=1S/C6H6ClNS/c7-6-8-5(3-9-6)4-1-2-4/h3-4H,1-2H2. The average Bonchev–Trinajstić information content (AvgIpc) is 2.58. The lowest BCUT2D eigenvalue weighted by Crippen LogP contribution is -1.74. The largest absolute Gasteiger partial charge is 0.230 e. The highest BCUT2D eigenvalue weighted by atomic mass is 35.5. The molecule has 0 saturated heterocycles. The van der Waals surface area contributed by atoms with Crippen molar-refractivity contribution in [2.24, 2.45) is 0 Å². The van der Waals surface area contributed by atoms with Crippen molar-refractivity contribution in [2.45, 2.75) is 18.8 Å². The van der Waals surface area contributed by atoms with Crippen molar-refractivity contribution in [3.8, 4) is 0 Å². The summed E-state index contributed by atoms with van der Waals surface area (Å²) in [7, 11) is 0. The van der Waals surface area contributed by atoms with Crippen LogP contribution >= 0.6 is 22.9 Å². The zero-order valence-electron chi connectivity index (χ0n) is 4.80. The number of thiazole rings is 1. The molecule has 0 aromatic carbocycles. The van der Waals surface area contributed by atoms with Crippen LogP contribution in [-0.2, 0) is 0 Å². The van der Waals surface area contributed by atoms with Gasteiger partial charge in [0.05, 0.1) is 5.69 Å². The lowest BCUT2D eigenvalue weighted by molar-refractivity contribution is 1.05. The van der Waals surface area contributed by atoms with E-state index in [2.05, 4.69) is 10.4 Å². The van der Waals surface area contributed by atoms with Crippen molar-refractivity contribution in [3.05, 3.63) is 15.5 Å². The first-order valence-electron chi connectivity index (χ1n) is 2.97. The van der Waals surface area contributed by atoms with Crippen LogP contribution in [-0.4, -0.2) is 4.98 Å². The highest BCUT2D eigenvalue weighted by Gasteiger charge is 2.25. The first kappa shape index (κ1) is 5.69. The molecule has 3 heteroatoms. The van der Waals surface area contributed by atoms with Gasteiger partial charge in [0.15, 0.2) is 4.47 Å². The molecule has 0 aliphatic heterocycles. The van der Waals surface area contributed by atoms with E-state index in [9.17, 15) is 0 Å². The van der Waals surface area contributed by atoms with E-state index in [0.717, 1.165) is 5.92 Å². The van der Waals surface area contributed by atoms with E-state index < -0.39 is 0 Å². The van der Waals surface area contributed by atoms with Crippen LogP contribution in [0.2, 0.25) is 4.47 Å². The maximum Gasteiger partial charge on any atom is 0.183 e. The molecule has 0 unspecified atom stereocenters. The monoisotopic (exact) mass is 159 g/mol. The molecule has 1 aliphatic carbocycles. The molecule has 2 rings (SSSR count). The van der Waals surface area contributed by atoms with Gasteiger partial charge in [0.25, 0.3) is 0 Å². The van der Waals surface area contributed by atoms with E-state index in [4.69, 9.17) is 11.6 Å². The van der Waals surface area contributed by atoms with Gasteiger partial charge in [0, 0.05) is 11.3 Å². The fourth-order valence-corrected chi connectivity index (χ4v) is 1.68. The minimum absolute atomic E-state index is 0.678. The average molecular weight is 160 g/mol. The Morgan fingerprint density at radius 3 is 2.89 bits per heavy atom. The van der Waals surface area contributed by atoms with Crippen LogP contribution in [0.25, 0.3) is 0 Å². The summed E-state index contributed by atoms with van der Waals surface area (Å²) < 4.78 is 0.678. The predicted octanol–water partition coefficient (Wildman–Crippen LogP) is 2.67. The Morgan fingerprint density at radius 2 is 2.44 bits per heavy atom. The molecule has 0 radical (unpaired) electrons. The molecule has 0 spiro atoms. The molecule has 9 heavy (non-hydrogen) atoms. The van der Waals surface area contributed by atoms with Gasteiger partial charge in [0.2, 0.25) is 0 Å². The summed E-state index contributed by atoms with van der Waals surface area (Å²) in [6.45, 7) is 0. The van der Waals surface area contributed by atoms with Gasteiger partial charge in [-0.1, -0.05) is 11.6 Å². The Bertz CT molecular complexity index is 217. The predicted molar refractivity (Wildman–Crippen MR) is 39.1 cm³/mol. The summed E-state index contributed by atoms with van der Waals surface area (Å²) >= 11 is 7.17. The maximum atomic E-state index is 5.64. The Labute approximate surface area is 62.7 Å². The van der Waals surface area contributed by atoms with Crippen molar-refractivity contribution < 1.29 is 0 Å². The van der Waals surface area contributed by atoms with Crippen LogP contribution in [0.15, 0.2) is 5.38 Å². The van der Waals surface area contributed by atoms with Crippen molar-refractivity contribution >= 4 is 22.9 Å². The van der Waals surface area contributed by atoms with E-state index >= 15 is 0 Å². The lowest BCUT2D eigenvalue weighted by Gasteiger charge is -1.81. The Kier molecular flexibility index (Phi) is 1.24. The molecule has 48 valence electrons. The number of hydrogen-bond acceptors (Lipinski definition) is 2. The minimum atomic E-state index is 0.678. The van der Waals surface area contributed by atoms with E-state index in [1.807, 2.05) is 0 Å². The van der Waals surface area contributed by atoms with Crippen LogP contribution < -0.4 is 0 Å². The molecule has 1 fully saturated rings. The number of rotatable bonds is 1. The Morgan fingerprint density at radius 1 is 1.67 bits per heavy atom. The van der Waals surface area contributed by atoms with Crippen LogP contribution in [0.1, 0.15) is 24.5 Å². The molecule has 1 nitrogen and oxygen atoms in total. The van der Waals surface area contributed by atoms with Crippen molar-refractivity contribution in [2.75, 3.05) is 0 Å². The van der Waals surface area contributed by atoms with Gasteiger partial charge in [0.1, 0.15) is 0 Å². The quantitative estimate of drug-likeness (QED) is 0.614. The number of nitrogens with zero attached hydrogens (tertiary/aromatic N) is 1. The molecule has 0 bridgehead atoms. The molecular formula is C6H6ClNS. The third kappa shape index (κ3) is 1.10. The van der Waals surface area contributed by atoms with Crippen molar-refractivity contribution in [1.29, 1.82) is 0 Å². The molecule has 0 atom stereocenters. The third-order valence-corrected chi connectivity index (χ3v) is 2.49. The second-order valence-electron chi connectivity index (χ2n) is 2.30. The van der Waals surface area contributed by atoms with Gasteiger partial charge in [-0.2, -0.15) is 0 Å². The molecule has 1 saturated carbocycles. The number of hydrogen-bond donors (Lipinski definition) is 0. The van der Waals surface area contributed by atoms with Crippen LogP contribution in [0, 0.1) is 0 Å². The van der Waals surface area contributed by atoms with Gasteiger partial charge in [-0.25, -0.2) is 4.98 Å². The summed E-state index contributed by atoms with van der Waals surface area (Å²) in [6.07, 6.45) is 2.61. The highest BCUT2D eigenvalue weighted by Crippen LogP contribution is 2.40. The first-order valence-corrected chi connectivity index (χ1v) is 4.23. The summed E-state index contributed by atoms with van der Waals surface area (Å²) in [6, 6.07) is 0. The van der Waals surface area contributed by atoms with Gasteiger partial charge >= 0.3 is 0 Å². The second kappa shape index (κ2) is 1.96. The SMILES string of the molecule is Clc1nc(C2CC2)cs1. The summed E-state index contributed by atoms with van der Waals surface area (Å²) in [5, 5.41) is 2.06. The molecular weight excluding hydrogens is 154 g/mol. The second-order valence-corrected chi connectivity index (χ2v) is 3.74. The van der Waals surface area contributed by atoms with E-state index in [1.165, 1.54) is 29.9 Å². The summed E-state index contributed by atoms with van der Waals surface area (Å²) in [4.78, 5) is 4.16. The van der Waals surface area contributed by atoms with Gasteiger partial charge < -0.3 is 0 Å². The third-order valence-electron chi connectivity index (χ3n) is 1.49. The fourth-order valence-electron chi connectivity index (χ4n) is 0.830. The van der Waals surface area contributed by atoms with Crippen LogP contribution in [0.3, 0.4) is 0 Å². The van der Waals surface area contributed by atoms with E-state index in [-0.39, 0.29) is 0 Å².